The van der Waals surface area contributed by atoms with Crippen molar-refractivity contribution in [1.29, 1.82) is 0 Å². The summed E-state index contributed by atoms with van der Waals surface area (Å²) >= 11 is 1.98. The molecule has 0 radical (unpaired) electrons. The number of thioether (sulfide) groups is 1. The molecule has 1 aliphatic rings. The molecule has 2 heterocycles. The highest BCUT2D eigenvalue weighted by Gasteiger charge is 2.18. The molecule has 3 nitrogen and oxygen atoms in total. The van der Waals surface area contributed by atoms with E-state index in [1.165, 1.54) is 22.7 Å². The van der Waals surface area contributed by atoms with Crippen molar-refractivity contribution in [3.05, 3.63) is 17.0 Å². The molecule has 0 amide bonds. The Morgan fingerprint density at radius 1 is 1.62 bits per heavy atom. The monoisotopic (exact) mass is 197 g/mol. The van der Waals surface area contributed by atoms with Crippen LogP contribution in [0.2, 0.25) is 0 Å². The van der Waals surface area contributed by atoms with Crippen LogP contribution < -0.4 is 5.73 Å². The van der Waals surface area contributed by atoms with Crippen molar-refractivity contribution in [3.8, 4) is 0 Å². The molecule has 1 aromatic rings. The molecule has 72 valence electrons. The molecule has 0 spiro atoms. The molecule has 0 aromatic carbocycles. The molecule has 4 heteroatoms. The number of hydrogen-bond donors (Lipinski definition) is 1. The summed E-state index contributed by atoms with van der Waals surface area (Å²) < 4.78 is 2.05. The smallest absolute Gasteiger partial charge is 0.0676 e. The zero-order valence-electron chi connectivity index (χ0n) is 7.92. The van der Waals surface area contributed by atoms with Crippen LogP contribution in [0, 0.1) is 0 Å². The number of aromatic nitrogens is 2. The lowest BCUT2D eigenvalue weighted by molar-refractivity contribution is 0.615. The minimum atomic E-state index is 0.622. The Kier molecular flexibility index (Phi) is 2.60. The predicted molar refractivity (Wildman–Crippen MR) is 55.7 cm³/mol. The Labute approximate surface area is 82.7 Å². The third kappa shape index (κ3) is 1.48. The van der Waals surface area contributed by atoms with Crippen molar-refractivity contribution >= 4 is 11.8 Å². The Morgan fingerprint density at radius 3 is 3.15 bits per heavy atom. The fourth-order valence-electron chi connectivity index (χ4n) is 1.79. The summed E-state index contributed by atoms with van der Waals surface area (Å²) in [5.41, 5.74) is 9.65. The van der Waals surface area contributed by atoms with Crippen LogP contribution in [0.5, 0.6) is 0 Å². The van der Waals surface area contributed by atoms with Gasteiger partial charge in [-0.1, -0.05) is 0 Å². The van der Waals surface area contributed by atoms with Gasteiger partial charge in [0.2, 0.25) is 0 Å². The molecular weight excluding hydrogens is 182 g/mol. The Hall–Kier alpha value is -0.480. The van der Waals surface area contributed by atoms with Gasteiger partial charge in [0.25, 0.3) is 0 Å². The van der Waals surface area contributed by atoms with E-state index in [-0.39, 0.29) is 0 Å². The molecule has 0 aliphatic carbocycles. The van der Waals surface area contributed by atoms with Crippen LogP contribution in [0.15, 0.2) is 0 Å². The second kappa shape index (κ2) is 3.72. The highest BCUT2D eigenvalue weighted by Crippen LogP contribution is 2.26. The van der Waals surface area contributed by atoms with Crippen LogP contribution >= 0.6 is 11.8 Å². The van der Waals surface area contributed by atoms with E-state index in [0.29, 0.717) is 6.54 Å². The van der Waals surface area contributed by atoms with Crippen molar-refractivity contribution < 1.29 is 0 Å². The van der Waals surface area contributed by atoms with E-state index in [0.717, 1.165) is 18.7 Å². The second-order valence-corrected chi connectivity index (χ2v) is 4.30. The minimum Gasteiger partial charge on any atom is -0.325 e. The maximum absolute atomic E-state index is 5.72. The number of aryl methyl sites for hydroxylation is 2. The molecule has 1 aromatic heterocycles. The van der Waals surface area contributed by atoms with E-state index in [2.05, 4.69) is 16.7 Å². The van der Waals surface area contributed by atoms with E-state index in [4.69, 9.17) is 5.73 Å². The van der Waals surface area contributed by atoms with Gasteiger partial charge < -0.3 is 5.73 Å². The van der Waals surface area contributed by atoms with Crippen LogP contribution in [0.25, 0.3) is 0 Å². The first-order chi connectivity index (χ1) is 6.36. The van der Waals surface area contributed by atoms with Crippen molar-refractivity contribution in [2.45, 2.75) is 32.2 Å². The molecule has 0 saturated heterocycles. The lowest BCUT2D eigenvalue weighted by atomic mass is 10.1. The zero-order chi connectivity index (χ0) is 9.26. The standard InChI is InChI=1S/C9H15N3S/c1-2-12-9(5-10)7-6-13-4-3-8(7)11-12/h2-6,10H2,1H3. The summed E-state index contributed by atoms with van der Waals surface area (Å²) in [7, 11) is 0. The van der Waals surface area contributed by atoms with Crippen LogP contribution in [-0.4, -0.2) is 15.5 Å². The summed E-state index contributed by atoms with van der Waals surface area (Å²) in [6, 6.07) is 0. The number of hydrogen-bond acceptors (Lipinski definition) is 3. The normalized spacial score (nSPS) is 15.8. The van der Waals surface area contributed by atoms with E-state index >= 15 is 0 Å². The number of rotatable bonds is 2. The SMILES string of the molecule is CCn1nc2c(c1CN)CSCC2. The van der Waals surface area contributed by atoms with Crippen molar-refractivity contribution in [3.63, 3.8) is 0 Å². The highest BCUT2D eigenvalue weighted by atomic mass is 32.2. The number of nitrogens with two attached hydrogens (primary N) is 1. The van der Waals surface area contributed by atoms with Gasteiger partial charge in [-0.15, -0.1) is 0 Å². The van der Waals surface area contributed by atoms with Gasteiger partial charge in [-0.2, -0.15) is 16.9 Å². The van der Waals surface area contributed by atoms with Crippen LogP contribution in [-0.2, 0) is 25.3 Å². The van der Waals surface area contributed by atoms with E-state index in [1.807, 2.05) is 11.8 Å². The van der Waals surface area contributed by atoms with Crippen LogP contribution in [0.3, 0.4) is 0 Å². The first-order valence-corrected chi connectivity index (χ1v) is 5.87. The van der Waals surface area contributed by atoms with Gasteiger partial charge in [0.15, 0.2) is 0 Å². The van der Waals surface area contributed by atoms with Gasteiger partial charge in [-0.25, -0.2) is 0 Å². The molecule has 0 saturated carbocycles. The van der Waals surface area contributed by atoms with Gasteiger partial charge in [0, 0.05) is 30.8 Å². The molecule has 0 bridgehead atoms. The maximum atomic E-state index is 5.72. The summed E-state index contributed by atoms with van der Waals surface area (Å²) in [6.45, 7) is 3.67. The lowest BCUT2D eigenvalue weighted by Crippen LogP contribution is -2.09. The van der Waals surface area contributed by atoms with E-state index in [9.17, 15) is 0 Å². The first-order valence-electron chi connectivity index (χ1n) is 4.72. The molecule has 0 fully saturated rings. The number of fused-ring (bicyclic) bond motifs is 1. The van der Waals surface area contributed by atoms with Gasteiger partial charge in [0.1, 0.15) is 0 Å². The summed E-state index contributed by atoms with van der Waals surface area (Å²) in [5, 5.41) is 4.56. The quantitative estimate of drug-likeness (QED) is 0.773. The molecule has 2 rings (SSSR count). The topological polar surface area (TPSA) is 43.8 Å². The van der Waals surface area contributed by atoms with Crippen LogP contribution in [0.1, 0.15) is 23.9 Å². The molecule has 0 unspecified atom stereocenters. The third-order valence-electron chi connectivity index (χ3n) is 2.47. The third-order valence-corrected chi connectivity index (χ3v) is 3.46. The lowest BCUT2D eigenvalue weighted by Gasteiger charge is -2.09. The molecule has 13 heavy (non-hydrogen) atoms. The van der Waals surface area contributed by atoms with Gasteiger partial charge >= 0.3 is 0 Å². The zero-order valence-corrected chi connectivity index (χ0v) is 8.73. The fourth-order valence-corrected chi connectivity index (χ4v) is 2.81. The summed E-state index contributed by atoms with van der Waals surface area (Å²) in [4.78, 5) is 0. The van der Waals surface area contributed by atoms with Crippen LogP contribution in [0.4, 0.5) is 0 Å². The second-order valence-electron chi connectivity index (χ2n) is 3.19. The molecule has 0 atom stereocenters. The van der Waals surface area contributed by atoms with E-state index in [1.54, 1.807) is 0 Å². The molecular formula is C9H15N3S. The minimum absolute atomic E-state index is 0.622. The summed E-state index contributed by atoms with van der Waals surface area (Å²) in [6.07, 6.45) is 1.11. The Morgan fingerprint density at radius 2 is 2.46 bits per heavy atom. The molecule has 1 aliphatic heterocycles. The van der Waals surface area contributed by atoms with Crippen molar-refractivity contribution in [2.24, 2.45) is 5.73 Å². The fraction of sp³-hybridized carbons (Fsp3) is 0.667. The maximum Gasteiger partial charge on any atom is 0.0676 e. The predicted octanol–water partition coefficient (Wildman–Crippen LogP) is 1.15. The largest absolute Gasteiger partial charge is 0.325 e. The van der Waals surface area contributed by atoms with Crippen molar-refractivity contribution in [2.75, 3.05) is 5.75 Å². The van der Waals surface area contributed by atoms with Gasteiger partial charge in [-0.3, -0.25) is 4.68 Å². The molecule has 2 N–H and O–H groups in total. The number of nitrogens with zero attached hydrogens (tertiary/aromatic N) is 2. The average molecular weight is 197 g/mol. The van der Waals surface area contributed by atoms with Crippen molar-refractivity contribution in [1.82, 2.24) is 9.78 Å². The summed E-state index contributed by atoms with van der Waals surface area (Å²) in [5.74, 6) is 2.31. The van der Waals surface area contributed by atoms with Gasteiger partial charge in [-0.05, 0) is 12.7 Å². The Bertz CT molecular complexity index is 296. The first kappa shape index (κ1) is 9.09. The average Bonchev–Trinajstić information content (AvgIpc) is 2.55. The highest BCUT2D eigenvalue weighted by molar-refractivity contribution is 7.98. The Balaban J connectivity index is 2.44. The van der Waals surface area contributed by atoms with Gasteiger partial charge in [0.05, 0.1) is 11.4 Å². The van der Waals surface area contributed by atoms with E-state index < -0.39 is 0 Å².